The number of carbonyl (C=O) groups is 1. The Bertz CT molecular complexity index is 912. The van der Waals surface area contributed by atoms with Crippen LogP contribution in [0.5, 0.6) is 0 Å². The first-order chi connectivity index (χ1) is 12.8. The van der Waals surface area contributed by atoms with Crippen molar-refractivity contribution in [1.82, 2.24) is 10.2 Å². The first-order valence-electron chi connectivity index (χ1n) is 9.12. The minimum absolute atomic E-state index is 0.0161. The molecule has 6 heteroatoms. The molecular formula is C21H26N2O3S. The van der Waals surface area contributed by atoms with E-state index < -0.39 is 9.84 Å². The molecule has 0 saturated carbocycles. The normalized spacial score (nSPS) is 20.5. The van der Waals surface area contributed by atoms with Gasteiger partial charge in [0.15, 0.2) is 9.84 Å². The smallest absolute Gasteiger partial charge is 0.252 e. The van der Waals surface area contributed by atoms with E-state index >= 15 is 0 Å². The predicted octanol–water partition coefficient (Wildman–Crippen LogP) is 2.73. The molecule has 0 aromatic heterocycles. The van der Waals surface area contributed by atoms with Gasteiger partial charge in [-0.15, -0.1) is 0 Å². The second-order valence-electron chi connectivity index (χ2n) is 7.72. The van der Waals surface area contributed by atoms with E-state index in [2.05, 4.69) is 24.2 Å². The highest BCUT2D eigenvalue weighted by atomic mass is 32.2. The third kappa shape index (κ3) is 4.76. The van der Waals surface area contributed by atoms with E-state index in [9.17, 15) is 13.2 Å². The summed E-state index contributed by atoms with van der Waals surface area (Å²) in [5.41, 5.74) is 0.931. The summed E-state index contributed by atoms with van der Waals surface area (Å²) >= 11 is 0. The maximum atomic E-state index is 12.9. The van der Waals surface area contributed by atoms with Crippen molar-refractivity contribution in [2.24, 2.45) is 5.41 Å². The molecule has 1 heterocycles. The van der Waals surface area contributed by atoms with Crippen molar-refractivity contribution in [3.63, 3.8) is 0 Å². The van der Waals surface area contributed by atoms with Gasteiger partial charge in [-0.25, -0.2) is 8.42 Å². The number of sulfone groups is 1. The van der Waals surface area contributed by atoms with Gasteiger partial charge in [-0.2, -0.15) is 0 Å². The molecule has 27 heavy (non-hydrogen) atoms. The lowest BCUT2D eigenvalue weighted by molar-refractivity contribution is 0.0931. The Balaban J connectivity index is 1.78. The zero-order valence-corrected chi connectivity index (χ0v) is 16.6. The quantitative estimate of drug-likeness (QED) is 0.829. The van der Waals surface area contributed by atoms with Crippen LogP contribution in [0.1, 0.15) is 29.3 Å². The van der Waals surface area contributed by atoms with E-state index in [-0.39, 0.29) is 27.5 Å². The summed E-state index contributed by atoms with van der Waals surface area (Å²) in [7, 11) is -1.55. The highest BCUT2D eigenvalue weighted by Crippen LogP contribution is 2.28. The topological polar surface area (TPSA) is 66.5 Å². The Morgan fingerprint density at radius 3 is 2.44 bits per heavy atom. The highest BCUT2D eigenvalue weighted by Gasteiger charge is 2.32. The zero-order valence-electron chi connectivity index (χ0n) is 15.8. The molecule has 144 valence electrons. The number of nitrogens with one attached hydrogen (secondary N) is 1. The fraction of sp³-hybridized carbons (Fsp3) is 0.381. The lowest BCUT2D eigenvalue weighted by Crippen LogP contribution is -2.37. The molecule has 1 saturated heterocycles. The molecule has 5 nitrogen and oxygen atoms in total. The summed E-state index contributed by atoms with van der Waals surface area (Å²) in [5, 5.41) is 2.95. The molecule has 0 aliphatic carbocycles. The first-order valence-corrected chi connectivity index (χ1v) is 10.8. The van der Waals surface area contributed by atoms with Gasteiger partial charge in [0.25, 0.3) is 5.91 Å². The molecular weight excluding hydrogens is 360 g/mol. The molecule has 1 aliphatic rings. The van der Waals surface area contributed by atoms with E-state index in [4.69, 9.17) is 0 Å². The van der Waals surface area contributed by atoms with Gasteiger partial charge in [-0.05, 0) is 43.1 Å². The number of hydrogen-bond donors (Lipinski definition) is 1. The minimum atomic E-state index is -3.62. The molecule has 1 N–H and O–H groups in total. The fourth-order valence-corrected chi connectivity index (χ4v) is 5.17. The van der Waals surface area contributed by atoms with E-state index in [0.717, 1.165) is 19.5 Å². The van der Waals surface area contributed by atoms with Crippen LogP contribution in [0.3, 0.4) is 0 Å². The lowest BCUT2D eigenvalue weighted by atomic mass is 9.90. The van der Waals surface area contributed by atoms with Crippen molar-refractivity contribution in [2.75, 3.05) is 26.7 Å². The molecule has 0 radical (unpaired) electrons. The average molecular weight is 387 g/mol. The Morgan fingerprint density at radius 1 is 1.11 bits per heavy atom. The van der Waals surface area contributed by atoms with Crippen LogP contribution < -0.4 is 5.32 Å². The maximum absolute atomic E-state index is 12.9. The molecule has 2 aromatic carbocycles. The molecule has 0 spiro atoms. The predicted molar refractivity (Wildman–Crippen MR) is 106 cm³/mol. The van der Waals surface area contributed by atoms with Crippen LogP contribution in [0, 0.1) is 5.41 Å². The van der Waals surface area contributed by atoms with Crippen molar-refractivity contribution in [1.29, 1.82) is 0 Å². The molecule has 2 aromatic rings. The Kier molecular flexibility index (Phi) is 5.67. The van der Waals surface area contributed by atoms with Gasteiger partial charge in [0.1, 0.15) is 0 Å². The number of amides is 1. The van der Waals surface area contributed by atoms with Crippen LogP contribution in [-0.4, -0.2) is 45.9 Å². The minimum Gasteiger partial charge on any atom is -0.351 e. The molecule has 1 atom stereocenters. The third-order valence-electron chi connectivity index (χ3n) is 5.09. The van der Waals surface area contributed by atoms with Crippen LogP contribution >= 0.6 is 0 Å². The summed E-state index contributed by atoms with van der Waals surface area (Å²) in [5.74, 6) is -0.460. The lowest BCUT2D eigenvalue weighted by Gasteiger charge is -2.24. The van der Waals surface area contributed by atoms with E-state index in [1.807, 2.05) is 18.2 Å². The van der Waals surface area contributed by atoms with Crippen LogP contribution in [0.15, 0.2) is 59.5 Å². The summed E-state index contributed by atoms with van der Waals surface area (Å²) in [4.78, 5) is 15.1. The van der Waals surface area contributed by atoms with Gasteiger partial charge in [0, 0.05) is 13.1 Å². The number of benzene rings is 2. The molecule has 1 aliphatic heterocycles. The highest BCUT2D eigenvalue weighted by molar-refractivity contribution is 7.90. The van der Waals surface area contributed by atoms with E-state index in [1.54, 1.807) is 30.3 Å². The Hall–Kier alpha value is -2.18. The number of likely N-dealkylation sites (tertiary alicyclic amines) is 1. The van der Waals surface area contributed by atoms with Crippen LogP contribution in [-0.2, 0) is 15.6 Å². The second kappa shape index (κ2) is 7.82. The number of rotatable bonds is 6. The van der Waals surface area contributed by atoms with Gasteiger partial charge in [-0.1, -0.05) is 49.4 Å². The second-order valence-corrected chi connectivity index (χ2v) is 9.68. The summed E-state index contributed by atoms with van der Waals surface area (Å²) < 4.78 is 25.8. The van der Waals surface area contributed by atoms with Gasteiger partial charge in [-0.3, -0.25) is 4.79 Å². The zero-order chi connectivity index (χ0) is 19.5. The Morgan fingerprint density at radius 2 is 1.78 bits per heavy atom. The Labute approximate surface area is 161 Å². The van der Waals surface area contributed by atoms with E-state index in [0.29, 0.717) is 12.1 Å². The van der Waals surface area contributed by atoms with Crippen molar-refractivity contribution < 1.29 is 13.2 Å². The SMILES string of the molecule is CN1CC[C@@](C)(CNC(=O)c2ccccc2S(=O)(=O)Cc2ccccc2)C1. The van der Waals surface area contributed by atoms with Crippen molar-refractivity contribution in [2.45, 2.75) is 24.0 Å². The maximum Gasteiger partial charge on any atom is 0.252 e. The van der Waals surface area contributed by atoms with Gasteiger partial charge in [0.05, 0.1) is 16.2 Å². The van der Waals surface area contributed by atoms with Crippen molar-refractivity contribution in [3.05, 3.63) is 65.7 Å². The van der Waals surface area contributed by atoms with Gasteiger partial charge < -0.3 is 10.2 Å². The molecule has 1 fully saturated rings. The average Bonchev–Trinajstić information content (AvgIpc) is 2.99. The third-order valence-corrected chi connectivity index (χ3v) is 6.83. The molecule has 1 amide bonds. The fourth-order valence-electron chi connectivity index (χ4n) is 3.60. The molecule has 0 unspecified atom stereocenters. The summed E-state index contributed by atoms with van der Waals surface area (Å²) in [6.45, 7) is 4.60. The standard InChI is InChI=1S/C21H26N2O3S/c1-21(12-13-23(2)16-21)15-22-20(24)18-10-6-7-11-19(18)27(25,26)14-17-8-4-3-5-9-17/h3-11H,12-16H2,1-2H3,(H,22,24)/t21-/m0/s1. The number of carbonyl (C=O) groups excluding carboxylic acids is 1. The number of hydrogen-bond acceptors (Lipinski definition) is 4. The van der Waals surface area contributed by atoms with Crippen LogP contribution in [0.4, 0.5) is 0 Å². The van der Waals surface area contributed by atoms with Crippen LogP contribution in [0.25, 0.3) is 0 Å². The van der Waals surface area contributed by atoms with Crippen molar-refractivity contribution >= 4 is 15.7 Å². The van der Waals surface area contributed by atoms with Crippen LogP contribution in [0.2, 0.25) is 0 Å². The summed E-state index contributed by atoms with van der Waals surface area (Å²) in [6, 6.07) is 15.5. The summed E-state index contributed by atoms with van der Waals surface area (Å²) in [6.07, 6.45) is 1.01. The van der Waals surface area contributed by atoms with Gasteiger partial charge in [0.2, 0.25) is 0 Å². The monoisotopic (exact) mass is 386 g/mol. The number of nitrogens with zero attached hydrogens (tertiary/aromatic N) is 1. The molecule has 3 rings (SSSR count). The first kappa shape index (κ1) is 19.6. The van der Waals surface area contributed by atoms with E-state index in [1.165, 1.54) is 6.07 Å². The largest absolute Gasteiger partial charge is 0.351 e. The van der Waals surface area contributed by atoms with Gasteiger partial charge >= 0.3 is 0 Å². The van der Waals surface area contributed by atoms with Crippen molar-refractivity contribution in [3.8, 4) is 0 Å². The molecule has 0 bridgehead atoms.